The van der Waals surface area contributed by atoms with Crippen molar-refractivity contribution in [2.45, 2.75) is 34.7 Å². The molecule has 9 heteroatoms. The number of hydrogen-bond donors (Lipinski definition) is 4. The number of hydrogen-bond acceptors (Lipinski definition) is 8. The second-order valence-corrected chi connectivity index (χ2v) is 5.74. The Labute approximate surface area is 124 Å². The molecule has 0 spiro atoms. The molecule has 1 heterocycles. The van der Waals surface area contributed by atoms with Crippen molar-refractivity contribution in [2.24, 2.45) is 0 Å². The molecule has 4 N–H and O–H groups in total. The van der Waals surface area contributed by atoms with Crippen LogP contribution in [0.25, 0.3) is 0 Å². The maximum Gasteiger partial charge on any atom is 0.269 e. The van der Waals surface area contributed by atoms with E-state index >= 15 is 0 Å². The molecule has 0 aromatic heterocycles. The van der Waals surface area contributed by atoms with Crippen molar-refractivity contribution in [3.63, 3.8) is 0 Å². The van der Waals surface area contributed by atoms with E-state index in [1.807, 2.05) is 0 Å². The van der Waals surface area contributed by atoms with E-state index in [1.165, 1.54) is 24.3 Å². The third-order valence-electron chi connectivity index (χ3n) is 3.15. The minimum absolute atomic E-state index is 0.0619. The van der Waals surface area contributed by atoms with Gasteiger partial charge < -0.3 is 25.2 Å². The van der Waals surface area contributed by atoms with Crippen LogP contribution in [0.1, 0.15) is 0 Å². The molecule has 1 aromatic carbocycles. The van der Waals surface area contributed by atoms with E-state index in [4.69, 9.17) is 9.84 Å². The molecule has 1 fully saturated rings. The summed E-state index contributed by atoms with van der Waals surface area (Å²) in [6, 6.07) is 5.60. The zero-order valence-electron chi connectivity index (χ0n) is 10.8. The minimum atomic E-state index is -1.44. The highest BCUT2D eigenvalue weighted by Gasteiger charge is 2.43. The van der Waals surface area contributed by atoms with E-state index in [-0.39, 0.29) is 5.69 Å². The SMILES string of the molecule is O=[N+]([O-])c1ccc(S[C@H]2O[C@@H](CO)[C@@H](O)[C@@H](O)[C@H]2O)cc1. The van der Waals surface area contributed by atoms with Crippen LogP contribution in [0.3, 0.4) is 0 Å². The number of ether oxygens (including phenoxy) is 1. The number of aliphatic hydroxyl groups is 4. The predicted molar refractivity (Wildman–Crippen MR) is 72.7 cm³/mol. The van der Waals surface area contributed by atoms with Crippen LogP contribution in [-0.4, -0.2) is 61.8 Å². The smallest absolute Gasteiger partial charge is 0.269 e. The summed E-state index contributed by atoms with van der Waals surface area (Å²) in [7, 11) is 0. The van der Waals surface area contributed by atoms with Gasteiger partial charge in [-0.25, -0.2) is 0 Å². The third kappa shape index (κ3) is 3.51. The maximum absolute atomic E-state index is 10.6. The molecule has 0 aliphatic carbocycles. The summed E-state index contributed by atoms with van der Waals surface area (Å²) in [6.07, 6.45) is -5.16. The Morgan fingerprint density at radius 3 is 2.29 bits per heavy atom. The lowest BCUT2D eigenvalue weighted by atomic mass is 10.0. The largest absolute Gasteiger partial charge is 0.394 e. The standard InChI is InChI=1S/C12H15NO7S/c14-5-8-9(15)10(16)11(17)12(20-8)21-7-3-1-6(2-4-7)13(18)19/h1-4,8-12,14-17H,5H2/t8-,9+,10+,11+,12+/m0/s1. The van der Waals surface area contributed by atoms with Crippen LogP contribution in [0.5, 0.6) is 0 Å². The average molecular weight is 317 g/mol. The molecule has 5 atom stereocenters. The Hall–Kier alpha value is -1.23. The number of non-ortho nitro benzene ring substituents is 1. The zero-order chi connectivity index (χ0) is 15.6. The summed E-state index contributed by atoms with van der Waals surface area (Å²) >= 11 is 1.04. The summed E-state index contributed by atoms with van der Waals surface area (Å²) in [5, 5.41) is 48.9. The molecule has 0 unspecified atom stereocenters. The van der Waals surface area contributed by atoms with Gasteiger partial charge in [0.2, 0.25) is 0 Å². The van der Waals surface area contributed by atoms with Gasteiger partial charge in [-0.1, -0.05) is 11.8 Å². The van der Waals surface area contributed by atoms with E-state index in [0.29, 0.717) is 4.90 Å². The molecule has 1 aromatic rings. The number of aliphatic hydroxyl groups excluding tert-OH is 4. The number of rotatable bonds is 4. The Morgan fingerprint density at radius 2 is 1.76 bits per heavy atom. The second-order valence-electron chi connectivity index (χ2n) is 4.57. The lowest BCUT2D eigenvalue weighted by Crippen LogP contribution is -2.57. The summed E-state index contributed by atoms with van der Waals surface area (Å²) < 4.78 is 5.33. The number of nitro benzene ring substituents is 1. The van der Waals surface area contributed by atoms with Crippen LogP contribution in [-0.2, 0) is 4.74 Å². The van der Waals surface area contributed by atoms with Gasteiger partial charge in [0.05, 0.1) is 11.5 Å². The van der Waals surface area contributed by atoms with E-state index in [9.17, 15) is 25.4 Å². The van der Waals surface area contributed by atoms with Gasteiger partial charge in [0.1, 0.15) is 29.9 Å². The normalized spacial score (nSPS) is 32.9. The van der Waals surface area contributed by atoms with E-state index < -0.39 is 41.4 Å². The number of thioether (sulfide) groups is 1. The third-order valence-corrected chi connectivity index (χ3v) is 4.31. The Kier molecular flexibility index (Phi) is 5.14. The van der Waals surface area contributed by atoms with Crippen molar-refractivity contribution in [1.82, 2.24) is 0 Å². The second kappa shape index (κ2) is 6.69. The van der Waals surface area contributed by atoms with Crippen LogP contribution < -0.4 is 0 Å². The van der Waals surface area contributed by atoms with Crippen molar-refractivity contribution in [1.29, 1.82) is 0 Å². The van der Waals surface area contributed by atoms with Crippen molar-refractivity contribution in [3.8, 4) is 0 Å². The molecule has 1 aliphatic rings. The fourth-order valence-corrected chi connectivity index (χ4v) is 3.01. The highest BCUT2D eigenvalue weighted by molar-refractivity contribution is 7.99. The summed E-state index contributed by atoms with van der Waals surface area (Å²) in [5.41, 5.74) is -0.963. The monoisotopic (exact) mass is 317 g/mol. The molecular formula is C12H15NO7S. The topological polar surface area (TPSA) is 133 Å². The van der Waals surface area contributed by atoms with Crippen LogP contribution in [0, 0.1) is 10.1 Å². The van der Waals surface area contributed by atoms with E-state index in [2.05, 4.69) is 0 Å². The molecule has 0 amide bonds. The van der Waals surface area contributed by atoms with Crippen molar-refractivity contribution < 1.29 is 30.1 Å². The van der Waals surface area contributed by atoms with Gasteiger partial charge in [-0.05, 0) is 12.1 Å². The summed E-state index contributed by atoms with van der Waals surface area (Å²) in [5.74, 6) is 0. The summed E-state index contributed by atoms with van der Waals surface area (Å²) in [6.45, 7) is -0.498. The molecule has 0 radical (unpaired) electrons. The summed E-state index contributed by atoms with van der Waals surface area (Å²) in [4.78, 5) is 10.6. The Balaban J connectivity index is 2.08. The van der Waals surface area contributed by atoms with Crippen LogP contribution in [0.15, 0.2) is 29.2 Å². The average Bonchev–Trinajstić information content (AvgIpc) is 2.48. The lowest BCUT2D eigenvalue weighted by Gasteiger charge is -2.39. The highest BCUT2D eigenvalue weighted by atomic mass is 32.2. The molecule has 1 aliphatic heterocycles. The van der Waals surface area contributed by atoms with Crippen LogP contribution in [0.4, 0.5) is 5.69 Å². The first kappa shape index (κ1) is 16.1. The van der Waals surface area contributed by atoms with Gasteiger partial charge in [-0.2, -0.15) is 0 Å². The zero-order valence-corrected chi connectivity index (χ0v) is 11.6. The molecule has 1 saturated heterocycles. The molecule has 21 heavy (non-hydrogen) atoms. The van der Waals surface area contributed by atoms with Gasteiger partial charge in [-0.3, -0.25) is 10.1 Å². The molecule has 0 bridgehead atoms. The van der Waals surface area contributed by atoms with Gasteiger partial charge in [0, 0.05) is 17.0 Å². The van der Waals surface area contributed by atoms with Gasteiger partial charge >= 0.3 is 0 Å². The highest BCUT2D eigenvalue weighted by Crippen LogP contribution is 2.33. The molecule has 2 rings (SSSR count). The van der Waals surface area contributed by atoms with Gasteiger partial charge in [0.15, 0.2) is 0 Å². The fraction of sp³-hybridized carbons (Fsp3) is 0.500. The molecule has 116 valence electrons. The number of benzene rings is 1. The maximum atomic E-state index is 10.6. The van der Waals surface area contributed by atoms with Crippen molar-refractivity contribution >= 4 is 17.4 Å². The molecular weight excluding hydrogens is 302 g/mol. The lowest BCUT2D eigenvalue weighted by molar-refractivity contribution is -0.384. The van der Waals surface area contributed by atoms with E-state index in [1.54, 1.807) is 0 Å². The first-order chi connectivity index (χ1) is 9.93. The van der Waals surface area contributed by atoms with Crippen LogP contribution in [0.2, 0.25) is 0 Å². The van der Waals surface area contributed by atoms with Gasteiger partial charge in [-0.15, -0.1) is 0 Å². The van der Waals surface area contributed by atoms with Crippen molar-refractivity contribution in [2.75, 3.05) is 6.61 Å². The minimum Gasteiger partial charge on any atom is -0.394 e. The van der Waals surface area contributed by atoms with Gasteiger partial charge in [0.25, 0.3) is 5.69 Å². The first-order valence-corrected chi connectivity index (χ1v) is 7.03. The van der Waals surface area contributed by atoms with E-state index in [0.717, 1.165) is 11.8 Å². The van der Waals surface area contributed by atoms with Crippen LogP contribution >= 0.6 is 11.8 Å². The Bertz CT molecular complexity index is 495. The predicted octanol–water partition coefficient (Wildman–Crippen LogP) is -0.513. The molecule has 8 nitrogen and oxygen atoms in total. The first-order valence-electron chi connectivity index (χ1n) is 6.15. The number of nitro groups is 1. The number of nitrogens with zero attached hydrogens (tertiary/aromatic N) is 1. The molecule has 0 saturated carbocycles. The fourth-order valence-electron chi connectivity index (χ4n) is 1.95. The Morgan fingerprint density at radius 1 is 1.14 bits per heavy atom. The quantitative estimate of drug-likeness (QED) is 0.431. The van der Waals surface area contributed by atoms with Crippen molar-refractivity contribution in [3.05, 3.63) is 34.4 Å².